The summed E-state index contributed by atoms with van der Waals surface area (Å²) in [5, 5.41) is 0. The Morgan fingerprint density at radius 2 is 1.39 bits per heavy atom. The summed E-state index contributed by atoms with van der Waals surface area (Å²) in [5.74, 6) is 0. The Labute approximate surface area is 117 Å². The molecule has 3 heteroatoms. The molecule has 0 amide bonds. The summed E-state index contributed by atoms with van der Waals surface area (Å²) < 4.78 is 6.38. The van der Waals surface area contributed by atoms with Gasteiger partial charge < -0.3 is 4.12 Å². The van der Waals surface area contributed by atoms with Crippen molar-refractivity contribution in [3.8, 4) is 0 Å². The second-order valence-corrected chi connectivity index (χ2v) is 15.2. The minimum Gasteiger partial charge on any atom is -0.453 e. The van der Waals surface area contributed by atoms with Crippen LogP contribution in [0.15, 0.2) is 12.3 Å². The molecule has 1 atom stereocenters. The van der Waals surface area contributed by atoms with Crippen molar-refractivity contribution in [2.24, 2.45) is 0 Å². The highest BCUT2D eigenvalue weighted by atomic mass is 28.4. The first-order valence-electron chi connectivity index (χ1n) is 7.67. The molecule has 0 heterocycles. The van der Waals surface area contributed by atoms with Gasteiger partial charge in [0.1, 0.15) is 0 Å². The van der Waals surface area contributed by atoms with Crippen molar-refractivity contribution in [3.63, 3.8) is 0 Å². The van der Waals surface area contributed by atoms with Gasteiger partial charge >= 0.3 is 0 Å². The summed E-state index contributed by atoms with van der Waals surface area (Å²) >= 11 is 0. The highest BCUT2D eigenvalue weighted by Crippen LogP contribution is 2.22. The Hall–Kier alpha value is 0.134. The lowest BCUT2D eigenvalue weighted by molar-refractivity contribution is 0.541. The van der Waals surface area contributed by atoms with Gasteiger partial charge in [0, 0.05) is 0 Å². The molecule has 0 aromatic rings. The maximum atomic E-state index is 6.38. The zero-order valence-corrected chi connectivity index (χ0v) is 15.3. The molecule has 0 saturated carbocycles. The minimum atomic E-state index is -1.61. The summed E-state index contributed by atoms with van der Waals surface area (Å²) in [6.07, 6.45) is 9.66. The lowest BCUT2D eigenvalue weighted by atomic mass is 10.1. The summed E-state index contributed by atoms with van der Waals surface area (Å²) in [6, 6.07) is 1.26. The van der Waals surface area contributed by atoms with E-state index in [1.807, 2.05) is 0 Å². The van der Waals surface area contributed by atoms with Crippen LogP contribution in [0.2, 0.25) is 32.2 Å². The van der Waals surface area contributed by atoms with Crippen LogP contribution in [0.5, 0.6) is 0 Å². The van der Waals surface area contributed by atoms with E-state index >= 15 is 0 Å². The standard InChI is InChI=1S/C15H34OSi2/c1-7-9-10-11-12-13-14-15-18(6,8-2)16-17(3,4)5/h8H,2,7,9-15H2,1,3-6H3. The van der Waals surface area contributed by atoms with Crippen LogP contribution < -0.4 is 0 Å². The van der Waals surface area contributed by atoms with Gasteiger partial charge in [0.25, 0.3) is 0 Å². The molecule has 0 bridgehead atoms. The zero-order chi connectivity index (χ0) is 14.1. The quantitative estimate of drug-likeness (QED) is 0.340. The first-order valence-corrected chi connectivity index (χ1v) is 13.8. The van der Waals surface area contributed by atoms with Crippen LogP contribution in [-0.4, -0.2) is 16.6 Å². The predicted octanol–water partition coefficient (Wildman–Crippen LogP) is 5.89. The van der Waals surface area contributed by atoms with Crippen molar-refractivity contribution in [2.45, 2.75) is 84.1 Å². The number of hydrogen-bond donors (Lipinski definition) is 0. The Morgan fingerprint density at radius 3 is 1.83 bits per heavy atom. The molecule has 0 saturated heterocycles. The van der Waals surface area contributed by atoms with Crippen LogP contribution in [0, 0.1) is 0 Å². The monoisotopic (exact) mass is 286 g/mol. The molecule has 0 rings (SSSR count). The molecule has 0 aliphatic rings. The average Bonchev–Trinajstić information content (AvgIpc) is 2.25. The highest BCUT2D eigenvalue weighted by molar-refractivity contribution is 6.87. The fourth-order valence-electron chi connectivity index (χ4n) is 2.33. The SMILES string of the molecule is C=C[Si](C)(CCCCCCCCC)O[Si](C)(C)C. The third kappa shape index (κ3) is 10.1. The molecule has 1 unspecified atom stereocenters. The topological polar surface area (TPSA) is 9.23 Å². The van der Waals surface area contributed by atoms with Crippen molar-refractivity contribution in [1.82, 2.24) is 0 Å². The third-order valence-corrected chi connectivity index (χ3v) is 9.77. The normalized spacial score (nSPS) is 15.4. The largest absolute Gasteiger partial charge is 0.453 e. The fraction of sp³-hybridized carbons (Fsp3) is 0.867. The second-order valence-electron chi connectivity index (χ2n) is 6.60. The van der Waals surface area contributed by atoms with Crippen LogP contribution in [-0.2, 0) is 4.12 Å². The van der Waals surface area contributed by atoms with E-state index in [2.05, 4.69) is 45.4 Å². The smallest absolute Gasteiger partial charge is 0.201 e. The third-order valence-electron chi connectivity index (χ3n) is 3.25. The van der Waals surface area contributed by atoms with Gasteiger partial charge in [-0.05, 0) is 32.2 Å². The first-order chi connectivity index (χ1) is 8.33. The van der Waals surface area contributed by atoms with Crippen molar-refractivity contribution in [3.05, 3.63) is 12.3 Å². The van der Waals surface area contributed by atoms with E-state index in [9.17, 15) is 0 Å². The van der Waals surface area contributed by atoms with Gasteiger partial charge in [0.15, 0.2) is 8.32 Å². The summed E-state index contributed by atoms with van der Waals surface area (Å²) in [4.78, 5) is 0. The van der Waals surface area contributed by atoms with Crippen molar-refractivity contribution >= 4 is 16.6 Å². The average molecular weight is 287 g/mol. The molecule has 0 aliphatic carbocycles. The Morgan fingerprint density at radius 1 is 0.889 bits per heavy atom. The summed E-state index contributed by atoms with van der Waals surface area (Å²) in [7, 11) is -3.02. The molecule has 0 radical (unpaired) electrons. The molecular formula is C15H34OSi2. The molecule has 0 N–H and O–H groups in total. The summed E-state index contributed by atoms with van der Waals surface area (Å²) in [5.41, 5.74) is 2.14. The van der Waals surface area contributed by atoms with E-state index < -0.39 is 16.6 Å². The lowest BCUT2D eigenvalue weighted by Crippen LogP contribution is -2.43. The zero-order valence-electron chi connectivity index (χ0n) is 13.3. The maximum Gasteiger partial charge on any atom is 0.201 e. The molecule has 0 aliphatic heterocycles. The Balaban J connectivity index is 3.76. The molecule has 0 spiro atoms. The Kier molecular flexibility index (Phi) is 9.17. The van der Waals surface area contributed by atoms with Crippen LogP contribution in [0.25, 0.3) is 0 Å². The van der Waals surface area contributed by atoms with E-state index in [0.717, 1.165) is 0 Å². The number of hydrogen-bond acceptors (Lipinski definition) is 1. The van der Waals surface area contributed by atoms with Gasteiger partial charge in [0.05, 0.1) is 0 Å². The van der Waals surface area contributed by atoms with E-state index in [1.54, 1.807) is 0 Å². The Bertz CT molecular complexity index is 223. The first kappa shape index (κ1) is 18.1. The fourth-order valence-corrected chi connectivity index (χ4v) is 9.82. The molecule has 1 nitrogen and oxygen atoms in total. The molecule has 0 aromatic heterocycles. The van der Waals surface area contributed by atoms with Gasteiger partial charge in [-0.15, -0.1) is 6.58 Å². The summed E-state index contributed by atoms with van der Waals surface area (Å²) in [6.45, 7) is 15.5. The molecule has 0 aromatic carbocycles. The van der Waals surface area contributed by atoms with Crippen LogP contribution >= 0.6 is 0 Å². The van der Waals surface area contributed by atoms with E-state index in [1.165, 1.54) is 51.0 Å². The van der Waals surface area contributed by atoms with Gasteiger partial charge in [0.2, 0.25) is 8.32 Å². The molecule has 18 heavy (non-hydrogen) atoms. The van der Waals surface area contributed by atoms with Crippen molar-refractivity contribution < 1.29 is 4.12 Å². The number of rotatable bonds is 11. The van der Waals surface area contributed by atoms with Gasteiger partial charge in [-0.1, -0.05) is 57.6 Å². The van der Waals surface area contributed by atoms with Crippen LogP contribution in [0.1, 0.15) is 51.9 Å². The van der Waals surface area contributed by atoms with Crippen molar-refractivity contribution in [1.29, 1.82) is 0 Å². The van der Waals surface area contributed by atoms with E-state index in [0.29, 0.717) is 0 Å². The minimum absolute atomic E-state index is 1.26. The van der Waals surface area contributed by atoms with Crippen LogP contribution in [0.3, 0.4) is 0 Å². The van der Waals surface area contributed by atoms with Crippen molar-refractivity contribution in [2.75, 3.05) is 0 Å². The van der Waals surface area contributed by atoms with Gasteiger partial charge in [-0.3, -0.25) is 0 Å². The molecule has 108 valence electrons. The second kappa shape index (κ2) is 9.10. The maximum absolute atomic E-state index is 6.38. The highest BCUT2D eigenvalue weighted by Gasteiger charge is 2.30. The van der Waals surface area contributed by atoms with Crippen LogP contribution in [0.4, 0.5) is 0 Å². The van der Waals surface area contributed by atoms with E-state index in [-0.39, 0.29) is 0 Å². The molecule has 0 fully saturated rings. The van der Waals surface area contributed by atoms with Gasteiger partial charge in [-0.25, -0.2) is 0 Å². The van der Waals surface area contributed by atoms with Gasteiger partial charge in [-0.2, -0.15) is 0 Å². The number of unbranched alkanes of at least 4 members (excludes halogenated alkanes) is 6. The predicted molar refractivity (Wildman–Crippen MR) is 89.0 cm³/mol. The van der Waals surface area contributed by atoms with E-state index in [4.69, 9.17) is 4.12 Å². The lowest BCUT2D eigenvalue weighted by Gasteiger charge is -2.32. The molecular weight excluding hydrogens is 252 g/mol.